The number of piperidine rings is 1. The topological polar surface area (TPSA) is 58.4 Å². The van der Waals surface area contributed by atoms with E-state index in [1.165, 1.54) is 25.8 Å². The van der Waals surface area contributed by atoms with Crippen molar-refractivity contribution >= 4 is 5.91 Å². The third kappa shape index (κ3) is 5.50. The minimum Gasteiger partial charge on any atom is -0.370 e. The number of nitrogens with one attached hydrogen (secondary N) is 1. The maximum absolute atomic E-state index is 10.9. The number of nitrogens with zero attached hydrogens (tertiary/aromatic N) is 1. The fraction of sp³-hybridized carbons (Fsp3) is 0.923. The molecule has 1 atom stereocenters. The van der Waals surface area contributed by atoms with Crippen LogP contribution in [0.3, 0.4) is 0 Å². The average molecular weight is 241 g/mol. The van der Waals surface area contributed by atoms with Gasteiger partial charge in [-0.1, -0.05) is 6.42 Å². The number of likely N-dealkylation sites (tertiary alicyclic amines) is 1. The molecule has 1 amide bonds. The fourth-order valence-electron chi connectivity index (χ4n) is 2.58. The predicted octanol–water partition coefficient (Wildman–Crippen LogP) is 1.10. The summed E-state index contributed by atoms with van der Waals surface area (Å²) in [7, 11) is 2.21. The molecule has 1 aliphatic heterocycles. The van der Waals surface area contributed by atoms with Crippen molar-refractivity contribution in [3.63, 3.8) is 0 Å². The quantitative estimate of drug-likeness (QED) is 0.732. The van der Waals surface area contributed by atoms with Gasteiger partial charge in [0, 0.05) is 18.0 Å². The normalized spacial score (nSPS) is 22.6. The van der Waals surface area contributed by atoms with Crippen molar-refractivity contribution in [1.82, 2.24) is 10.2 Å². The maximum Gasteiger partial charge on any atom is 0.219 e. The van der Waals surface area contributed by atoms with Gasteiger partial charge in [-0.25, -0.2) is 0 Å². The molecule has 3 N–H and O–H groups in total. The Labute approximate surface area is 105 Å². The summed E-state index contributed by atoms with van der Waals surface area (Å²) in [6.45, 7) is 6.23. The van der Waals surface area contributed by atoms with Crippen LogP contribution in [0.15, 0.2) is 0 Å². The summed E-state index contributed by atoms with van der Waals surface area (Å²) < 4.78 is 0. The van der Waals surface area contributed by atoms with Gasteiger partial charge >= 0.3 is 0 Å². The summed E-state index contributed by atoms with van der Waals surface area (Å²) in [5, 5.41) is 3.43. The highest BCUT2D eigenvalue weighted by atomic mass is 16.1. The molecule has 4 heteroatoms. The monoisotopic (exact) mass is 241 g/mol. The molecule has 0 spiro atoms. The molecule has 1 rings (SSSR count). The third-order valence-electron chi connectivity index (χ3n) is 3.62. The summed E-state index contributed by atoms with van der Waals surface area (Å²) in [6.07, 6.45) is 5.52. The van der Waals surface area contributed by atoms with Crippen molar-refractivity contribution in [2.45, 2.75) is 57.5 Å². The second kappa shape index (κ2) is 6.36. The Morgan fingerprint density at radius 3 is 2.76 bits per heavy atom. The summed E-state index contributed by atoms with van der Waals surface area (Å²) in [6, 6.07) is 0.695. The molecule has 1 aliphatic rings. The SMILES string of the molecule is CN1CCCCC1CCNC(C)(C)CC(N)=O. The van der Waals surface area contributed by atoms with Crippen LogP contribution >= 0.6 is 0 Å². The van der Waals surface area contributed by atoms with Gasteiger partial charge < -0.3 is 16.0 Å². The Balaban J connectivity index is 2.24. The number of carbonyl (C=O) groups is 1. The van der Waals surface area contributed by atoms with Crippen LogP contribution in [0.25, 0.3) is 0 Å². The molecule has 0 aromatic rings. The fourth-order valence-corrected chi connectivity index (χ4v) is 2.58. The Bertz CT molecular complexity index is 253. The van der Waals surface area contributed by atoms with Gasteiger partial charge in [0.1, 0.15) is 0 Å². The lowest BCUT2D eigenvalue weighted by atomic mass is 9.97. The van der Waals surface area contributed by atoms with E-state index in [4.69, 9.17) is 5.73 Å². The maximum atomic E-state index is 10.9. The lowest BCUT2D eigenvalue weighted by Crippen LogP contribution is -2.45. The van der Waals surface area contributed by atoms with Gasteiger partial charge in [0.25, 0.3) is 0 Å². The second-order valence-corrected chi connectivity index (χ2v) is 5.87. The van der Waals surface area contributed by atoms with Crippen LogP contribution in [0, 0.1) is 0 Å². The highest BCUT2D eigenvalue weighted by molar-refractivity contribution is 5.74. The molecule has 1 saturated heterocycles. The molecule has 1 heterocycles. The van der Waals surface area contributed by atoms with E-state index in [0.29, 0.717) is 12.5 Å². The van der Waals surface area contributed by atoms with Gasteiger partial charge in [-0.15, -0.1) is 0 Å². The standard InChI is InChI=1S/C13H27N3O/c1-13(2,10-12(14)17)15-8-7-11-6-4-5-9-16(11)3/h11,15H,4-10H2,1-3H3,(H2,14,17). The number of hydrogen-bond donors (Lipinski definition) is 2. The van der Waals surface area contributed by atoms with Gasteiger partial charge in [0.15, 0.2) is 0 Å². The molecular weight excluding hydrogens is 214 g/mol. The molecule has 4 nitrogen and oxygen atoms in total. The first-order chi connectivity index (χ1) is 7.91. The molecule has 0 bridgehead atoms. The number of hydrogen-bond acceptors (Lipinski definition) is 3. The number of rotatable bonds is 6. The minimum atomic E-state index is -0.239. The van der Waals surface area contributed by atoms with Crippen LogP contribution in [0.2, 0.25) is 0 Å². The molecule has 0 aliphatic carbocycles. The highest BCUT2D eigenvalue weighted by Gasteiger charge is 2.22. The molecule has 0 aromatic heterocycles. The van der Waals surface area contributed by atoms with Crippen molar-refractivity contribution in [2.75, 3.05) is 20.1 Å². The summed E-state index contributed by atoms with van der Waals surface area (Å²) in [5.74, 6) is -0.239. The largest absolute Gasteiger partial charge is 0.370 e. The number of nitrogens with two attached hydrogens (primary N) is 1. The number of carbonyl (C=O) groups excluding carboxylic acids is 1. The molecule has 1 fully saturated rings. The van der Waals surface area contributed by atoms with Crippen LogP contribution in [-0.2, 0) is 4.79 Å². The molecule has 17 heavy (non-hydrogen) atoms. The summed E-state index contributed by atoms with van der Waals surface area (Å²) >= 11 is 0. The summed E-state index contributed by atoms with van der Waals surface area (Å²) in [4.78, 5) is 13.4. The molecule has 1 unspecified atom stereocenters. The van der Waals surface area contributed by atoms with Gasteiger partial charge in [-0.05, 0) is 53.2 Å². The Morgan fingerprint density at radius 2 is 2.18 bits per heavy atom. The van der Waals surface area contributed by atoms with Crippen molar-refractivity contribution in [1.29, 1.82) is 0 Å². The van der Waals surface area contributed by atoms with E-state index >= 15 is 0 Å². The Morgan fingerprint density at radius 1 is 1.47 bits per heavy atom. The first-order valence-electron chi connectivity index (χ1n) is 6.64. The molecule has 100 valence electrons. The van der Waals surface area contributed by atoms with Gasteiger partial charge in [-0.3, -0.25) is 4.79 Å². The lowest BCUT2D eigenvalue weighted by Gasteiger charge is -2.34. The first kappa shape index (κ1) is 14.5. The van der Waals surface area contributed by atoms with Crippen molar-refractivity contribution < 1.29 is 4.79 Å². The smallest absolute Gasteiger partial charge is 0.219 e. The van der Waals surface area contributed by atoms with E-state index in [1.54, 1.807) is 0 Å². The molecular formula is C13H27N3O. The van der Waals surface area contributed by atoms with Crippen LogP contribution in [-0.4, -0.2) is 42.5 Å². The number of amides is 1. The minimum absolute atomic E-state index is 0.181. The van der Waals surface area contributed by atoms with Crippen molar-refractivity contribution in [3.05, 3.63) is 0 Å². The van der Waals surface area contributed by atoms with E-state index in [1.807, 2.05) is 13.8 Å². The predicted molar refractivity (Wildman–Crippen MR) is 70.8 cm³/mol. The van der Waals surface area contributed by atoms with Gasteiger partial charge in [0.05, 0.1) is 0 Å². The Kier molecular flexibility index (Phi) is 5.40. The van der Waals surface area contributed by atoms with Crippen molar-refractivity contribution in [3.8, 4) is 0 Å². The number of primary amides is 1. The van der Waals surface area contributed by atoms with E-state index < -0.39 is 0 Å². The van der Waals surface area contributed by atoms with Crippen LogP contribution < -0.4 is 11.1 Å². The zero-order valence-corrected chi connectivity index (χ0v) is 11.5. The molecule has 0 radical (unpaired) electrons. The van der Waals surface area contributed by atoms with Gasteiger partial charge in [-0.2, -0.15) is 0 Å². The van der Waals surface area contributed by atoms with Crippen molar-refractivity contribution in [2.24, 2.45) is 5.73 Å². The van der Waals surface area contributed by atoms with E-state index in [-0.39, 0.29) is 11.4 Å². The van der Waals surface area contributed by atoms with Gasteiger partial charge in [0.2, 0.25) is 5.91 Å². The highest BCUT2D eigenvalue weighted by Crippen LogP contribution is 2.17. The van der Waals surface area contributed by atoms with E-state index in [9.17, 15) is 4.79 Å². The first-order valence-corrected chi connectivity index (χ1v) is 6.64. The zero-order valence-electron chi connectivity index (χ0n) is 11.5. The van der Waals surface area contributed by atoms with E-state index in [0.717, 1.165) is 13.0 Å². The van der Waals surface area contributed by atoms with E-state index in [2.05, 4.69) is 17.3 Å². The summed E-state index contributed by atoms with van der Waals surface area (Å²) in [5.41, 5.74) is 5.05. The molecule has 0 aromatic carbocycles. The lowest BCUT2D eigenvalue weighted by molar-refractivity contribution is -0.119. The zero-order chi connectivity index (χ0) is 12.9. The van der Waals surface area contributed by atoms with Crippen LogP contribution in [0.4, 0.5) is 0 Å². The molecule has 0 saturated carbocycles. The average Bonchev–Trinajstić information content (AvgIpc) is 2.18. The van der Waals surface area contributed by atoms with Crippen LogP contribution in [0.1, 0.15) is 46.0 Å². The Hall–Kier alpha value is -0.610. The third-order valence-corrected chi connectivity index (χ3v) is 3.62. The van der Waals surface area contributed by atoms with Crippen LogP contribution in [0.5, 0.6) is 0 Å². The second-order valence-electron chi connectivity index (χ2n) is 5.87.